The molecule has 1 aliphatic rings. The summed E-state index contributed by atoms with van der Waals surface area (Å²) >= 11 is 6.05. The Kier molecular flexibility index (Phi) is 4.05. The maximum atomic E-state index is 14.0. The highest BCUT2D eigenvalue weighted by molar-refractivity contribution is 6.31. The number of hydrogen-bond donors (Lipinski definition) is 0. The van der Waals surface area contributed by atoms with Gasteiger partial charge in [0, 0.05) is 16.1 Å². The third-order valence-corrected chi connectivity index (χ3v) is 4.06. The summed E-state index contributed by atoms with van der Waals surface area (Å²) in [5.41, 5.74) is 1.05. The van der Waals surface area contributed by atoms with E-state index >= 15 is 0 Å². The molecule has 1 atom stereocenters. The topological polar surface area (TPSA) is 46.6 Å². The van der Waals surface area contributed by atoms with Crippen molar-refractivity contribution in [2.75, 3.05) is 4.90 Å². The number of hydrogen-bond acceptors (Lipinski definition) is 3. The predicted octanol–water partition coefficient (Wildman–Crippen LogP) is 3.61. The van der Waals surface area contributed by atoms with Crippen LogP contribution in [-0.2, 0) is 11.3 Å². The fourth-order valence-electron chi connectivity index (χ4n) is 2.50. The number of nitrogens with zero attached hydrogens (tertiary/aromatic N) is 1. The van der Waals surface area contributed by atoms with Gasteiger partial charge in [-0.15, -0.1) is 0 Å². The van der Waals surface area contributed by atoms with E-state index in [2.05, 4.69) is 0 Å². The minimum Gasteiger partial charge on any atom is -0.479 e. The van der Waals surface area contributed by atoms with Gasteiger partial charge >= 0.3 is 0 Å². The van der Waals surface area contributed by atoms with E-state index in [0.29, 0.717) is 23.3 Å². The Morgan fingerprint density at radius 1 is 1.35 bits per heavy atom. The van der Waals surface area contributed by atoms with E-state index in [1.54, 1.807) is 31.2 Å². The summed E-state index contributed by atoms with van der Waals surface area (Å²) in [5, 5.41) is 0.241. The van der Waals surface area contributed by atoms with Gasteiger partial charge in [0.25, 0.3) is 5.91 Å². The molecule has 0 bridgehead atoms. The second-order valence-electron chi connectivity index (χ2n) is 5.23. The predicted molar refractivity (Wildman–Crippen MR) is 84.5 cm³/mol. The lowest BCUT2D eigenvalue weighted by Gasteiger charge is -2.33. The Hall–Kier alpha value is -2.40. The lowest BCUT2D eigenvalue weighted by atomic mass is 10.1. The maximum Gasteiger partial charge on any atom is 0.268 e. The summed E-state index contributed by atoms with van der Waals surface area (Å²) in [5.74, 6) is -0.340. The Morgan fingerprint density at radius 3 is 2.83 bits per heavy atom. The number of benzene rings is 2. The number of carbonyl (C=O) groups is 2. The van der Waals surface area contributed by atoms with Crippen LogP contribution in [-0.4, -0.2) is 18.3 Å². The number of fused-ring (bicyclic) bond motifs is 1. The summed E-state index contributed by atoms with van der Waals surface area (Å²) in [6.45, 7) is 1.59. The largest absolute Gasteiger partial charge is 0.479 e. The SMILES string of the molecule is CC1Oc2ccc(C=O)cc2N(Cc2c(F)cccc2Cl)C1=O. The van der Waals surface area contributed by atoms with Gasteiger partial charge in [0.05, 0.1) is 12.2 Å². The molecule has 1 aliphatic heterocycles. The van der Waals surface area contributed by atoms with Gasteiger partial charge in [0.15, 0.2) is 6.10 Å². The molecule has 1 unspecified atom stereocenters. The van der Waals surface area contributed by atoms with Crippen molar-refractivity contribution in [3.63, 3.8) is 0 Å². The van der Waals surface area contributed by atoms with Crippen molar-refractivity contribution < 1.29 is 18.7 Å². The summed E-state index contributed by atoms with van der Waals surface area (Å²) < 4.78 is 19.6. The molecule has 23 heavy (non-hydrogen) atoms. The molecular formula is C17H13ClFNO3. The highest BCUT2D eigenvalue weighted by atomic mass is 35.5. The number of anilines is 1. The second-order valence-corrected chi connectivity index (χ2v) is 5.64. The average molecular weight is 334 g/mol. The van der Waals surface area contributed by atoms with Gasteiger partial charge < -0.3 is 9.64 Å². The third kappa shape index (κ3) is 2.80. The van der Waals surface area contributed by atoms with Gasteiger partial charge in [-0.1, -0.05) is 17.7 Å². The van der Waals surface area contributed by atoms with E-state index in [1.165, 1.54) is 17.0 Å². The summed E-state index contributed by atoms with van der Waals surface area (Å²) in [6, 6.07) is 9.13. The van der Waals surface area contributed by atoms with Crippen LogP contribution in [0.2, 0.25) is 5.02 Å². The molecule has 0 aliphatic carbocycles. The first kappa shape index (κ1) is 15.5. The van der Waals surface area contributed by atoms with Crippen LogP contribution < -0.4 is 9.64 Å². The zero-order valence-corrected chi connectivity index (χ0v) is 13.0. The number of halogens is 2. The van der Waals surface area contributed by atoms with Gasteiger partial charge in [0.1, 0.15) is 17.9 Å². The van der Waals surface area contributed by atoms with E-state index in [0.717, 1.165) is 0 Å². The monoisotopic (exact) mass is 333 g/mol. The smallest absolute Gasteiger partial charge is 0.268 e. The van der Waals surface area contributed by atoms with Crippen molar-refractivity contribution in [1.82, 2.24) is 0 Å². The standard InChI is InChI=1S/C17H13ClFNO3/c1-10-17(22)20(8-12-13(18)3-2-4-14(12)19)15-7-11(9-21)5-6-16(15)23-10/h2-7,9-10H,8H2,1H3. The highest BCUT2D eigenvalue weighted by Gasteiger charge is 2.32. The van der Waals surface area contributed by atoms with Crippen molar-refractivity contribution in [3.8, 4) is 5.75 Å². The minimum atomic E-state index is -0.699. The molecule has 0 N–H and O–H groups in total. The van der Waals surface area contributed by atoms with Crippen molar-refractivity contribution in [3.05, 3.63) is 58.4 Å². The fraction of sp³-hybridized carbons (Fsp3) is 0.176. The molecule has 3 rings (SSSR count). The Balaban J connectivity index is 2.07. The van der Waals surface area contributed by atoms with Crippen LogP contribution in [0.3, 0.4) is 0 Å². The van der Waals surface area contributed by atoms with Crippen LogP contribution in [0.15, 0.2) is 36.4 Å². The number of ether oxygens (including phenoxy) is 1. The minimum absolute atomic E-state index is 0.0344. The van der Waals surface area contributed by atoms with Crippen LogP contribution in [0.25, 0.3) is 0 Å². The Morgan fingerprint density at radius 2 is 2.13 bits per heavy atom. The first-order valence-electron chi connectivity index (χ1n) is 7.01. The van der Waals surface area contributed by atoms with Gasteiger partial charge in [-0.2, -0.15) is 0 Å². The summed E-state index contributed by atoms with van der Waals surface area (Å²) in [7, 11) is 0. The van der Waals surface area contributed by atoms with Crippen LogP contribution >= 0.6 is 11.6 Å². The van der Waals surface area contributed by atoms with Crippen LogP contribution in [0.1, 0.15) is 22.8 Å². The molecule has 0 saturated carbocycles. The van der Waals surface area contributed by atoms with Gasteiger partial charge in [-0.25, -0.2) is 4.39 Å². The van der Waals surface area contributed by atoms with Gasteiger partial charge in [-0.3, -0.25) is 9.59 Å². The molecule has 1 heterocycles. The number of amides is 1. The Bertz CT molecular complexity index is 773. The molecule has 0 aromatic heterocycles. The summed E-state index contributed by atoms with van der Waals surface area (Å²) in [4.78, 5) is 24.8. The maximum absolute atomic E-state index is 14.0. The van der Waals surface area contributed by atoms with Crippen LogP contribution in [0.5, 0.6) is 5.75 Å². The number of aldehydes is 1. The van der Waals surface area contributed by atoms with E-state index in [-0.39, 0.29) is 23.0 Å². The third-order valence-electron chi connectivity index (χ3n) is 3.71. The first-order valence-corrected chi connectivity index (χ1v) is 7.39. The molecule has 2 aromatic carbocycles. The molecule has 2 aromatic rings. The zero-order valence-electron chi connectivity index (χ0n) is 12.3. The molecule has 1 amide bonds. The van der Waals surface area contributed by atoms with Gasteiger partial charge in [0.2, 0.25) is 0 Å². The van der Waals surface area contributed by atoms with Crippen molar-refractivity contribution in [2.24, 2.45) is 0 Å². The highest BCUT2D eigenvalue weighted by Crippen LogP contribution is 2.36. The molecule has 6 heteroatoms. The fourth-order valence-corrected chi connectivity index (χ4v) is 2.72. The molecule has 118 valence electrons. The van der Waals surface area contributed by atoms with Crippen molar-refractivity contribution in [2.45, 2.75) is 19.6 Å². The molecule has 0 spiro atoms. The molecule has 0 radical (unpaired) electrons. The normalized spacial score (nSPS) is 16.7. The number of carbonyl (C=O) groups excluding carboxylic acids is 2. The van der Waals surface area contributed by atoms with Gasteiger partial charge in [-0.05, 0) is 37.3 Å². The Labute approximate surface area is 137 Å². The molecular weight excluding hydrogens is 321 g/mol. The van der Waals surface area contributed by atoms with Crippen molar-refractivity contribution >= 4 is 29.5 Å². The average Bonchev–Trinajstić information content (AvgIpc) is 2.54. The number of rotatable bonds is 3. The van der Waals surface area contributed by atoms with Crippen molar-refractivity contribution in [1.29, 1.82) is 0 Å². The lowest BCUT2D eigenvalue weighted by Crippen LogP contribution is -2.44. The van der Waals surface area contributed by atoms with E-state index < -0.39 is 11.9 Å². The van der Waals surface area contributed by atoms with E-state index in [1.807, 2.05) is 0 Å². The molecule has 4 nitrogen and oxygen atoms in total. The molecule has 0 saturated heterocycles. The quantitative estimate of drug-likeness (QED) is 0.806. The summed E-state index contributed by atoms with van der Waals surface area (Å²) in [6.07, 6.45) is -0.0213. The second kappa shape index (κ2) is 6.01. The van der Waals surface area contributed by atoms with E-state index in [9.17, 15) is 14.0 Å². The van der Waals surface area contributed by atoms with Crippen LogP contribution in [0, 0.1) is 5.82 Å². The van der Waals surface area contributed by atoms with E-state index in [4.69, 9.17) is 16.3 Å². The molecule has 0 fully saturated rings. The lowest BCUT2D eigenvalue weighted by molar-refractivity contribution is -0.125. The van der Waals surface area contributed by atoms with Crippen LogP contribution in [0.4, 0.5) is 10.1 Å². The zero-order chi connectivity index (χ0) is 16.6. The first-order chi connectivity index (χ1) is 11.0.